The number of benzene rings is 1. The lowest BCUT2D eigenvalue weighted by Crippen LogP contribution is -2.20. The van der Waals surface area contributed by atoms with Crippen molar-refractivity contribution in [1.82, 2.24) is 10.6 Å². The second-order valence-corrected chi connectivity index (χ2v) is 5.16. The van der Waals surface area contributed by atoms with Gasteiger partial charge in [-0.05, 0) is 43.1 Å². The lowest BCUT2D eigenvalue weighted by Gasteiger charge is -2.09. The molecule has 1 aromatic rings. The Hall–Kier alpha value is -1.88. The topological polar surface area (TPSA) is 70.2 Å². The van der Waals surface area contributed by atoms with Gasteiger partial charge in [-0.2, -0.15) is 0 Å². The molecule has 0 bridgehead atoms. The van der Waals surface area contributed by atoms with Crippen LogP contribution in [0.2, 0.25) is 0 Å². The van der Waals surface area contributed by atoms with E-state index >= 15 is 0 Å². The second kappa shape index (κ2) is 7.05. The molecule has 1 aliphatic rings. The Kier molecular flexibility index (Phi) is 5.12. The van der Waals surface area contributed by atoms with Crippen molar-refractivity contribution in [2.45, 2.75) is 19.3 Å². The van der Waals surface area contributed by atoms with Gasteiger partial charge in [0.2, 0.25) is 11.8 Å². The molecule has 0 spiro atoms. The maximum atomic E-state index is 11.9. The molecular weight excluding hydrogens is 254 g/mol. The summed E-state index contributed by atoms with van der Waals surface area (Å²) in [6.07, 6.45) is 1.99. The lowest BCUT2D eigenvalue weighted by atomic mass is 10.0. The molecule has 1 unspecified atom stereocenters. The first kappa shape index (κ1) is 14.5. The van der Waals surface area contributed by atoms with Gasteiger partial charge in [0.25, 0.3) is 0 Å². The fraction of sp³-hybridized carbons (Fsp3) is 0.467. The van der Waals surface area contributed by atoms with Crippen molar-refractivity contribution in [2.75, 3.05) is 25.5 Å². The molecule has 5 nitrogen and oxygen atoms in total. The molecule has 1 saturated heterocycles. The van der Waals surface area contributed by atoms with Crippen LogP contribution in [0.4, 0.5) is 5.69 Å². The largest absolute Gasteiger partial charge is 0.359 e. The fourth-order valence-corrected chi connectivity index (χ4v) is 2.34. The first-order valence-corrected chi connectivity index (χ1v) is 6.97. The maximum absolute atomic E-state index is 11.9. The molecule has 1 aliphatic heterocycles. The number of carbonyl (C=O) groups excluding carboxylic acids is 2. The highest BCUT2D eigenvalue weighted by Gasteiger charge is 2.17. The second-order valence-electron chi connectivity index (χ2n) is 5.16. The normalized spacial score (nSPS) is 17.8. The number of hydrogen-bond donors (Lipinski definition) is 3. The molecule has 1 aromatic carbocycles. The number of hydrogen-bond acceptors (Lipinski definition) is 3. The van der Waals surface area contributed by atoms with Gasteiger partial charge in [-0.1, -0.05) is 12.1 Å². The molecule has 2 rings (SSSR count). The van der Waals surface area contributed by atoms with E-state index in [4.69, 9.17) is 0 Å². The summed E-state index contributed by atoms with van der Waals surface area (Å²) in [7, 11) is 1.62. The van der Waals surface area contributed by atoms with E-state index in [2.05, 4.69) is 16.0 Å². The summed E-state index contributed by atoms with van der Waals surface area (Å²) >= 11 is 0. The monoisotopic (exact) mass is 275 g/mol. The third-order valence-corrected chi connectivity index (χ3v) is 3.52. The molecule has 20 heavy (non-hydrogen) atoms. The van der Waals surface area contributed by atoms with Crippen molar-refractivity contribution in [3.63, 3.8) is 0 Å². The van der Waals surface area contributed by atoms with Gasteiger partial charge in [0.15, 0.2) is 0 Å². The van der Waals surface area contributed by atoms with Gasteiger partial charge >= 0.3 is 0 Å². The molecule has 1 atom stereocenters. The van der Waals surface area contributed by atoms with E-state index in [9.17, 15) is 9.59 Å². The fourth-order valence-electron chi connectivity index (χ4n) is 2.34. The average molecular weight is 275 g/mol. The molecule has 1 heterocycles. The molecule has 0 saturated carbocycles. The first-order chi connectivity index (χ1) is 9.67. The molecule has 108 valence electrons. The van der Waals surface area contributed by atoms with Crippen LogP contribution in [0.3, 0.4) is 0 Å². The van der Waals surface area contributed by atoms with Crippen LogP contribution < -0.4 is 16.0 Å². The van der Waals surface area contributed by atoms with E-state index in [1.807, 2.05) is 24.3 Å². The Morgan fingerprint density at radius 1 is 1.25 bits per heavy atom. The van der Waals surface area contributed by atoms with Crippen LogP contribution in [0.15, 0.2) is 24.3 Å². The minimum atomic E-state index is -0.0180. The summed E-state index contributed by atoms with van der Waals surface area (Å²) in [6.45, 7) is 1.94. The minimum Gasteiger partial charge on any atom is -0.359 e. The quantitative estimate of drug-likeness (QED) is 0.748. The van der Waals surface area contributed by atoms with Crippen molar-refractivity contribution in [3.8, 4) is 0 Å². The van der Waals surface area contributed by atoms with E-state index in [0.717, 1.165) is 30.8 Å². The van der Waals surface area contributed by atoms with E-state index in [1.54, 1.807) is 7.05 Å². The average Bonchev–Trinajstić information content (AvgIpc) is 2.93. The van der Waals surface area contributed by atoms with Gasteiger partial charge < -0.3 is 16.0 Å². The lowest BCUT2D eigenvalue weighted by molar-refractivity contribution is -0.120. The van der Waals surface area contributed by atoms with E-state index < -0.39 is 0 Å². The zero-order valence-electron chi connectivity index (χ0n) is 11.7. The van der Waals surface area contributed by atoms with Gasteiger partial charge in [0.1, 0.15) is 0 Å². The Bertz CT molecular complexity index is 465. The maximum Gasteiger partial charge on any atom is 0.224 e. The standard InChI is InChI=1S/C15H21N3O2/c1-16-14(19)8-11-2-4-13(5-3-11)18-15(20)9-12-6-7-17-10-12/h2-5,12,17H,6-10H2,1H3,(H,16,19)(H,18,20). The number of likely N-dealkylation sites (N-methyl/N-ethyl adjacent to an activating group) is 1. The van der Waals surface area contributed by atoms with Crippen LogP contribution in [0.25, 0.3) is 0 Å². The summed E-state index contributed by atoms with van der Waals surface area (Å²) in [5.74, 6) is 0.482. The van der Waals surface area contributed by atoms with Crippen LogP contribution in [-0.2, 0) is 16.0 Å². The Morgan fingerprint density at radius 3 is 2.60 bits per heavy atom. The molecule has 1 fully saturated rings. The van der Waals surface area contributed by atoms with Crippen LogP contribution >= 0.6 is 0 Å². The number of rotatable bonds is 5. The van der Waals surface area contributed by atoms with Crippen LogP contribution in [0, 0.1) is 5.92 Å². The van der Waals surface area contributed by atoms with Gasteiger partial charge in [0, 0.05) is 19.2 Å². The van der Waals surface area contributed by atoms with E-state index in [1.165, 1.54) is 0 Å². The SMILES string of the molecule is CNC(=O)Cc1ccc(NC(=O)CC2CCNC2)cc1. The molecular formula is C15H21N3O2. The van der Waals surface area contributed by atoms with Crippen molar-refractivity contribution in [1.29, 1.82) is 0 Å². The van der Waals surface area contributed by atoms with Gasteiger partial charge in [-0.15, -0.1) is 0 Å². The number of anilines is 1. The summed E-state index contributed by atoms with van der Waals surface area (Å²) in [6, 6.07) is 7.40. The Balaban J connectivity index is 1.83. The van der Waals surface area contributed by atoms with Crippen molar-refractivity contribution < 1.29 is 9.59 Å². The van der Waals surface area contributed by atoms with Crippen molar-refractivity contribution >= 4 is 17.5 Å². The van der Waals surface area contributed by atoms with E-state index in [-0.39, 0.29) is 11.8 Å². The van der Waals surface area contributed by atoms with Crippen LogP contribution in [0.1, 0.15) is 18.4 Å². The van der Waals surface area contributed by atoms with Crippen LogP contribution in [-0.4, -0.2) is 32.0 Å². The number of amides is 2. The zero-order chi connectivity index (χ0) is 14.4. The molecule has 0 aromatic heterocycles. The molecule has 0 radical (unpaired) electrons. The summed E-state index contributed by atoms with van der Waals surface area (Å²) in [5, 5.41) is 8.74. The summed E-state index contributed by atoms with van der Waals surface area (Å²) in [4.78, 5) is 23.1. The van der Waals surface area contributed by atoms with Gasteiger partial charge in [0.05, 0.1) is 6.42 Å². The summed E-state index contributed by atoms with van der Waals surface area (Å²) in [5.41, 5.74) is 1.71. The Labute approximate surface area is 119 Å². The van der Waals surface area contributed by atoms with Crippen molar-refractivity contribution in [3.05, 3.63) is 29.8 Å². The number of carbonyl (C=O) groups is 2. The molecule has 2 amide bonds. The predicted molar refractivity (Wildman–Crippen MR) is 78.4 cm³/mol. The highest BCUT2D eigenvalue weighted by atomic mass is 16.2. The Morgan fingerprint density at radius 2 is 2.00 bits per heavy atom. The molecule has 5 heteroatoms. The minimum absolute atomic E-state index is 0.0180. The molecule has 3 N–H and O–H groups in total. The van der Waals surface area contributed by atoms with E-state index in [0.29, 0.717) is 18.8 Å². The summed E-state index contributed by atoms with van der Waals surface area (Å²) < 4.78 is 0. The highest BCUT2D eigenvalue weighted by Crippen LogP contribution is 2.15. The highest BCUT2D eigenvalue weighted by molar-refractivity contribution is 5.91. The van der Waals surface area contributed by atoms with Crippen molar-refractivity contribution in [2.24, 2.45) is 5.92 Å². The third kappa shape index (κ3) is 4.35. The molecule has 0 aliphatic carbocycles. The van der Waals surface area contributed by atoms with Gasteiger partial charge in [-0.3, -0.25) is 9.59 Å². The third-order valence-electron chi connectivity index (χ3n) is 3.52. The predicted octanol–water partition coefficient (Wildman–Crippen LogP) is 0.913. The smallest absolute Gasteiger partial charge is 0.224 e. The number of nitrogens with one attached hydrogen (secondary N) is 3. The zero-order valence-corrected chi connectivity index (χ0v) is 11.7. The van der Waals surface area contributed by atoms with Gasteiger partial charge in [-0.25, -0.2) is 0 Å². The van der Waals surface area contributed by atoms with Crippen LogP contribution in [0.5, 0.6) is 0 Å². The first-order valence-electron chi connectivity index (χ1n) is 6.97.